The third-order valence-electron chi connectivity index (χ3n) is 6.46. The molecule has 2 aliphatic carbocycles. The van der Waals surface area contributed by atoms with E-state index in [2.05, 4.69) is 10.2 Å². The molecule has 3 nitrogen and oxygen atoms in total. The van der Waals surface area contributed by atoms with E-state index in [4.69, 9.17) is 0 Å². The Labute approximate surface area is 152 Å². The Morgan fingerprint density at radius 2 is 1.85 bits per heavy atom. The number of aliphatic hydroxyl groups is 1. The van der Waals surface area contributed by atoms with E-state index in [1.54, 1.807) is 6.07 Å². The molecule has 144 valence electrons. The van der Waals surface area contributed by atoms with E-state index in [0.29, 0.717) is 29.9 Å². The fraction of sp³-hybridized carbons (Fsp3) is 0.700. The number of benzene rings is 1. The number of halogens is 3. The Hall–Kier alpha value is -1.11. The summed E-state index contributed by atoms with van der Waals surface area (Å²) in [5, 5.41) is 13.9. The molecule has 0 bridgehead atoms. The quantitative estimate of drug-likeness (QED) is 0.809. The van der Waals surface area contributed by atoms with Gasteiger partial charge in [0.2, 0.25) is 0 Å². The van der Waals surface area contributed by atoms with Crippen molar-refractivity contribution in [2.24, 2.45) is 17.8 Å². The fourth-order valence-electron chi connectivity index (χ4n) is 5.02. The second-order valence-corrected chi connectivity index (χ2v) is 8.45. The van der Waals surface area contributed by atoms with Gasteiger partial charge in [0.25, 0.3) is 0 Å². The molecule has 2 unspecified atom stereocenters. The van der Waals surface area contributed by atoms with E-state index in [9.17, 15) is 18.3 Å². The maximum Gasteiger partial charge on any atom is 0.416 e. The Kier molecular flexibility index (Phi) is 4.78. The predicted molar refractivity (Wildman–Crippen MR) is 93.5 cm³/mol. The molecule has 3 aliphatic rings. The lowest BCUT2D eigenvalue weighted by atomic mass is 10.0. The molecule has 2 saturated carbocycles. The molecule has 1 aromatic rings. The van der Waals surface area contributed by atoms with Gasteiger partial charge >= 0.3 is 6.18 Å². The first kappa shape index (κ1) is 18.3. The molecule has 0 amide bonds. The number of hydrogen-bond donors (Lipinski definition) is 2. The minimum atomic E-state index is -4.28. The summed E-state index contributed by atoms with van der Waals surface area (Å²) in [6.07, 6.45) is -0.142. The first-order chi connectivity index (χ1) is 12.3. The average Bonchev–Trinajstić information content (AvgIpc) is 2.91. The molecule has 1 aromatic carbocycles. The second-order valence-electron chi connectivity index (χ2n) is 8.45. The minimum absolute atomic E-state index is 0.464. The summed E-state index contributed by atoms with van der Waals surface area (Å²) >= 11 is 0. The number of fused-ring (bicyclic) bond motifs is 1. The first-order valence-electron chi connectivity index (χ1n) is 9.66. The molecule has 1 saturated heterocycles. The Morgan fingerprint density at radius 1 is 1.15 bits per heavy atom. The largest absolute Gasteiger partial charge is 0.416 e. The molecular weight excluding hydrogens is 341 g/mol. The smallest absolute Gasteiger partial charge is 0.389 e. The van der Waals surface area contributed by atoms with Gasteiger partial charge in [-0.1, -0.05) is 31.0 Å². The Balaban J connectivity index is 1.19. The summed E-state index contributed by atoms with van der Waals surface area (Å²) in [7, 11) is 0. The van der Waals surface area contributed by atoms with Gasteiger partial charge in [-0.3, -0.25) is 4.90 Å². The topological polar surface area (TPSA) is 35.5 Å². The van der Waals surface area contributed by atoms with Gasteiger partial charge in [-0.2, -0.15) is 13.2 Å². The molecule has 0 radical (unpaired) electrons. The van der Waals surface area contributed by atoms with Crippen molar-refractivity contribution in [2.45, 2.75) is 44.0 Å². The van der Waals surface area contributed by atoms with Crippen LogP contribution in [0.1, 0.15) is 36.8 Å². The summed E-state index contributed by atoms with van der Waals surface area (Å²) in [6.45, 7) is 4.27. The van der Waals surface area contributed by atoms with E-state index >= 15 is 0 Å². The van der Waals surface area contributed by atoms with Crippen molar-refractivity contribution < 1.29 is 18.3 Å². The van der Waals surface area contributed by atoms with Crippen molar-refractivity contribution in [3.63, 3.8) is 0 Å². The van der Waals surface area contributed by atoms with Crippen LogP contribution in [-0.2, 0) is 12.7 Å². The van der Waals surface area contributed by atoms with Crippen LogP contribution in [0.25, 0.3) is 0 Å². The summed E-state index contributed by atoms with van der Waals surface area (Å²) in [4.78, 5) is 2.41. The van der Waals surface area contributed by atoms with Crippen LogP contribution >= 0.6 is 0 Å². The number of rotatable bonds is 6. The highest BCUT2D eigenvalue weighted by Gasteiger charge is 2.55. The highest BCUT2D eigenvalue weighted by Crippen LogP contribution is 2.51. The monoisotopic (exact) mass is 368 g/mol. The highest BCUT2D eigenvalue weighted by atomic mass is 19.4. The fourth-order valence-corrected chi connectivity index (χ4v) is 5.02. The second kappa shape index (κ2) is 6.80. The lowest BCUT2D eigenvalue weighted by molar-refractivity contribution is -0.137. The number of β-amino-alcohol motifs (C(OH)–C–C–N with tert-alkyl or cyclic N) is 1. The number of piperidine rings is 1. The van der Waals surface area contributed by atoms with Crippen molar-refractivity contribution in [1.82, 2.24) is 10.2 Å². The molecule has 0 spiro atoms. The van der Waals surface area contributed by atoms with Crippen LogP contribution in [0.4, 0.5) is 13.2 Å². The molecule has 3 fully saturated rings. The van der Waals surface area contributed by atoms with Crippen LogP contribution < -0.4 is 5.32 Å². The Bertz CT molecular complexity index is 630. The van der Waals surface area contributed by atoms with Gasteiger partial charge in [-0.05, 0) is 48.8 Å². The van der Waals surface area contributed by atoms with E-state index in [1.807, 2.05) is 0 Å². The van der Waals surface area contributed by atoms with E-state index < -0.39 is 17.3 Å². The molecule has 1 heterocycles. The van der Waals surface area contributed by atoms with Crippen molar-refractivity contribution in [1.29, 1.82) is 0 Å². The van der Waals surface area contributed by atoms with Crippen LogP contribution in [0.15, 0.2) is 24.3 Å². The van der Waals surface area contributed by atoms with Crippen molar-refractivity contribution >= 4 is 0 Å². The lowest BCUT2D eigenvalue weighted by Crippen LogP contribution is -2.41. The standard InChI is InChI=1S/C20H27F3N2O/c21-20(22,23)15-5-3-4-14(8-15)9-24-10-16-17-11-25(12-18(16)17)13-19(26)6-1-2-7-19/h3-5,8,16-18,24,26H,1-2,6-7,9-13H2. The molecule has 2 N–H and O–H groups in total. The third kappa shape index (κ3) is 3.92. The van der Waals surface area contributed by atoms with Crippen LogP contribution in [0.5, 0.6) is 0 Å². The zero-order chi connectivity index (χ0) is 18.4. The summed E-state index contributed by atoms with van der Waals surface area (Å²) in [5.41, 5.74) is -0.370. The molecule has 1 aliphatic heterocycles. The molecule has 26 heavy (non-hydrogen) atoms. The predicted octanol–water partition coefficient (Wildman–Crippen LogP) is 3.28. The summed E-state index contributed by atoms with van der Waals surface area (Å²) in [6, 6.07) is 5.55. The molecular formula is C20H27F3N2O. The molecule has 2 atom stereocenters. The van der Waals surface area contributed by atoms with Gasteiger partial charge in [-0.15, -0.1) is 0 Å². The minimum Gasteiger partial charge on any atom is -0.389 e. The van der Waals surface area contributed by atoms with Gasteiger partial charge < -0.3 is 10.4 Å². The zero-order valence-corrected chi connectivity index (χ0v) is 14.9. The number of alkyl halides is 3. The van der Waals surface area contributed by atoms with Crippen LogP contribution in [0, 0.1) is 17.8 Å². The number of likely N-dealkylation sites (tertiary alicyclic amines) is 1. The Morgan fingerprint density at radius 3 is 2.50 bits per heavy atom. The van der Waals surface area contributed by atoms with E-state index in [1.165, 1.54) is 12.1 Å². The summed E-state index contributed by atoms with van der Waals surface area (Å²) in [5.74, 6) is 2.01. The van der Waals surface area contributed by atoms with E-state index in [0.717, 1.165) is 57.9 Å². The van der Waals surface area contributed by atoms with Crippen LogP contribution in [0.2, 0.25) is 0 Å². The van der Waals surface area contributed by atoms with Crippen LogP contribution in [0.3, 0.4) is 0 Å². The maximum absolute atomic E-state index is 12.8. The van der Waals surface area contributed by atoms with Gasteiger partial charge in [0.1, 0.15) is 0 Å². The van der Waals surface area contributed by atoms with Gasteiger partial charge in [-0.25, -0.2) is 0 Å². The van der Waals surface area contributed by atoms with Gasteiger partial charge in [0, 0.05) is 26.2 Å². The van der Waals surface area contributed by atoms with Crippen molar-refractivity contribution in [3.8, 4) is 0 Å². The number of nitrogens with one attached hydrogen (secondary N) is 1. The average molecular weight is 368 g/mol. The van der Waals surface area contributed by atoms with Crippen molar-refractivity contribution in [2.75, 3.05) is 26.2 Å². The highest BCUT2D eigenvalue weighted by molar-refractivity contribution is 5.25. The summed E-state index contributed by atoms with van der Waals surface area (Å²) < 4.78 is 38.3. The lowest BCUT2D eigenvalue weighted by Gasteiger charge is -2.29. The van der Waals surface area contributed by atoms with Crippen LogP contribution in [-0.4, -0.2) is 41.8 Å². The first-order valence-corrected chi connectivity index (χ1v) is 9.66. The molecule has 6 heteroatoms. The van der Waals surface area contributed by atoms with Crippen molar-refractivity contribution in [3.05, 3.63) is 35.4 Å². The molecule has 0 aromatic heterocycles. The van der Waals surface area contributed by atoms with Gasteiger partial charge in [0.05, 0.1) is 11.2 Å². The number of nitrogens with zero attached hydrogens (tertiary/aromatic N) is 1. The maximum atomic E-state index is 12.8. The van der Waals surface area contributed by atoms with Gasteiger partial charge in [0.15, 0.2) is 0 Å². The normalized spacial score (nSPS) is 30.5. The zero-order valence-electron chi connectivity index (χ0n) is 14.9. The SMILES string of the molecule is OC1(CN2CC3C(CNCc4cccc(C(F)(F)F)c4)C3C2)CCCC1. The number of hydrogen-bond acceptors (Lipinski definition) is 3. The van der Waals surface area contributed by atoms with E-state index in [-0.39, 0.29) is 0 Å². The molecule has 4 rings (SSSR count). The third-order valence-corrected chi connectivity index (χ3v) is 6.46.